The maximum atomic E-state index is 5.23. The van der Waals surface area contributed by atoms with Gasteiger partial charge in [-0.1, -0.05) is 32.0 Å². The molecule has 0 atom stereocenters. The smallest absolute Gasteiger partial charge is 0.118 e. The zero-order valence-electron chi connectivity index (χ0n) is 12.4. The minimum Gasteiger partial charge on any atom is -0.497 e. The lowest BCUT2D eigenvalue weighted by molar-refractivity contribution is 0.415. The molecule has 0 bridgehead atoms. The van der Waals surface area contributed by atoms with Crippen LogP contribution in [0.1, 0.15) is 37.9 Å². The molecule has 2 heteroatoms. The van der Waals surface area contributed by atoms with Gasteiger partial charge in [0.25, 0.3) is 0 Å². The minimum atomic E-state index is 0.889. The van der Waals surface area contributed by atoms with Gasteiger partial charge in [-0.15, -0.1) is 0 Å². The second kappa shape index (κ2) is 6.90. The molecular formula is C18H21NO. The van der Waals surface area contributed by atoms with Crippen LogP contribution < -0.4 is 4.74 Å². The van der Waals surface area contributed by atoms with Gasteiger partial charge in [-0.25, -0.2) is 0 Å². The van der Waals surface area contributed by atoms with Crippen LogP contribution in [-0.4, -0.2) is 12.1 Å². The fourth-order valence-corrected chi connectivity index (χ4v) is 2.47. The number of nitrogens with zero attached hydrogens (tertiary/aromatic N) is 1. The molecule has 0 unspecified atom stereocenters. The first-order valence-corrected chi connectivity index (χ1v) is 7.08. The first-order chi connectivity index (χ1) is 9.80. The molecule has 2 rings (SSSR count). The molecule has 0 aliphatic carbocycles. The first kappa shape index (κ1) is 14.3. The third-order valence-electron chi connectivity index (χ3n) is 3.48. The van der Waals surface area contributed by atoms with Crippen molar-refractivity contribution < 1.29 is 4.74 Å². The molecule has 1 aromatic heterocycles. The van der Waals surface area contributed by atoms with Crippen molar-refractivity contribution >= 4 is 11.1 Å². The van der Waals surface area contributed by atoms with E-state index in [9.17, 15) is 0 Å². The van der Waals surface area contributed by atoms with Crippen LogP contribution in [0.4, 0.5) is 0 Å². The maximum absolute atomic E-state index is 5.23. The number of hydrogen-bond acceptors (Lipinski definition) is 2. The first-order valence-electron chi connectivity index (χ1n) is 7.08. The lowest BCUT2D eigenvalue weighted by Gasteiger charge is -2.13. The quantitative estimate of drug-likeness (QED) is 0.774. The molecule has 0 saturated heterocycles. The van der Waals surface area contributed by atoms with E-state index in [4.69, 9.17) is 4.74 Å². The molecular weight excluding hydrogens is 246 g/mol. The number of ether oxygens (including phenoxy) is 1. The molecule has 20 heavy (non-hydrogen) atoms. The van der Waals surface area contributed by atoms with Crippen molar-refractivity contribution in [3.05, 3.63) is 59.9 Å². The van der Waals surface area contributed by atoms with Crippen molar-refractivity contribution in [1.29, 1.82) is 0 Å². The van der Waals surface area contributed by atoms with Crippen LogP contribution in [0.3, 0.4) is 0 Å². The number of pyridine rings is 1. The van der Waals surface area contributed by atoms with Crippen molar-refractivity contribution in [1.82, 2.24) is 4.98 Å². The monoisotopic (exact) mass is 267 g/mol. The molecule has 0 aliphatic heterocycles. The van der Waals surface area contributed by atoms with Gasteiger partial charge in [0.1, 0.15) is 5.75 Å². The van der Waals surface area contributed by atoms with Gasteiger partial charge in [0, 0.05) is 6.20 Å². The fourth-order valence-electron chi connectivity index (χ4n) is 2.47. The zero-order chi connectivity index (χ0) is 14.4. The van der Waals surface area contributed by atoms with Crippen molar-refractivity contribution in [3.8, 4) is 5.75 Å². The van der Waals surface area contributed by atoms with E-state index in [0.717, 1.165) is 24.3 Å². The van der Waals surface area contributed by atoms with E-state index < -0.39 is 0 Å². The Kier molecular flexibility index (Phi) is 4.94. The normalized spacial score (nSPS) is 11.9. The number of rotatable bonds is 5. The van der Waals surface area contributed by atoms with Crippen LogP contribution in [0.15, 0.2) is 48.7 Å². The summed E-state index contributed by atoms with van der Waals surface area (Å²) in [4.78, 5) is 4.50. The Morgan fingerprint density at radius 3 is 2.15 bits per heavy atom. The van der Waals surface area contributed by atoms with Gasteiger partial charge in [0.05, 0.1) is 12.8 Å². The number of benzene rings is 1. The average molecular weight is 267 g/mol. The Hall–Kier alpha value is -2.09. The number of allylic oxidation sites excluding steroid dienone is 2. The summed E-state index contributed by atoms with van der Waals surface area (Å²) in [5.74, 6) is 0.889. The van der Waals surface area contributed by atoms with Crippen molar-refractivity contribution in [2.75, 3.05) is 7.11 Å². The molecule has 2 nitrogen and oxygen atoms in total. The van der Waals surface area contributed by atoms with Gasteiger partial charge in [-0.2, -0.15) is 0 Å². The summed E-state index contributed by atoms with van der Waals surface area (Å²) >= 11 is 0. The second-order valence-electron chi connectivity index (χ2n) is 4.61. The van der Waals surface area contributed by atoms with Crippen LogP contribution in [0.25, 0.3) is 11.1 Å². The Morgan fingerprint density at radius 2 is 1.65 bits per heavy atom. The fraction of sp³-hybridized carbons (Fsp3) is 0.278. The minimum absolute atomic E-state index is 0.889. The van der Waals surface area contributed by atoms with Gasteiger partial charge in [-0.3, -0.25) is 4.98 Å². The zero-order valence-corrected chi connectivity index (χ0v) is 12.4. The molecule has 0 N–H and O–H groups in total. The largest absolute Gasteiger partial charge is 0.497 e. The number of hydrogen-bond donors (Lipinski definition) is 0. The predicted molar refractivity (Wildman–Crippen MR) is 84.6 cm³/mol. The second-order valence-corrected chi connectivity index (χ2v) is 4.61. The van der Waals surface area contributed by atoms with Gasteiger partial charge < -0.3 is 4.74 Å². The van der Waals surface area contributed by atoms with Crippen molar-refractivity contribution in [2.45, 2.75) is 26.7 Å². The van der Waals surface area contributed by atoms with E-state index in [1.165, 1.54) is 16.7 Å². The van der Waals surface area contributed by atoms with E-state index in [0.29, 0.717) is 0 Å². The molecule has 0 fully saturated rings. The third-order valence-corrected chi connectivity index (χ3v) is 3.48. The molecule has 0 saturated carbocycles. The highest BCUT2D eigenvalue weighted by atomic mass is 16.5. The Morgan fingerprint density at radius 1 is 0.950 bits per heavy atom. The highest BCUT2D eigenvalue weighted by Gasteiger charge is 2.09. The lowest BCUT2D eigenvalue weighted by Crippen LogP contribution is -1.94. The molecule has 1 aromatic carbocycles. The summed E-state index contributed by atoms with van der Waals surface area (Å²) in [5, 5.41) is 0. The predicted octanol–water partition coefficient (Wildman–Crippen LogP) is 4.82. The third kappa shape index (κ3) is 3.08. The standard InChI is InChI=1S/C18H21NO/c1-4-16(14-9-11-15(20-3)12-10-14)17(5-2)18-8-6-7-13-19-18/h6-13H,4-5H2,1-3H3/b17-16+. The van der Waals surface area contributed by atoms with Crippen molar-refractivity contribution in [3.63, 3.8) is 0 Å². The maximum Gasteiger partial charge on any atom is 0.118 e. The Labute approximate surface area is 121 Å². The Balaban J connectivity index is 2.48. The van der Waals surface area contributed by atoms with Crippen LogP contribution in [0.5, 0.6) is 5.75 Å². The summed E-state index contributed by atoms with van der Waals surface area (Å²) in [6, 6.07) is 14.3. The van der Waals surface area contributed by atoms with Crippen LogP contribution in [-0.2, 0) is 0 Å². The van der Waals surface area contributed by atoms with E-state index in [1.807, 2.05) is 30.5 Å². The molecule has 104 valence electrons. The van der Waals surface area contributed by atoms with Gasteiger partial charge in [0.2, 0.25) is 0 Å². The molecule has 0 spiro atoms. The molecule has 0 radical (unpaired) electrons. The van der Waals surface area contributed by atoms with Crippen LogP contribution in [0, 0.1) is 0 Å². The highest BCUT2D eigenvalue weighted by Crippen LogP contribution is 2.31. The van der Waals surface area contributed by atoms with Gasteiger partial charge in [-0.05, 0) is 53.8 Å². The summed E-state index contributed by atoms with van der Waals surface area (Å²) in [7, 11) is 1.69. The van der Waals surface area contributed by atoms with Gasteiger partial charge in [0.15, 0.2) is 0 Å². The van der Waals surface area contributed by atoms with Gasteiger partial charge >= 0.3 is 0 Å². The summed E-state index contributed by atoms with van der Waals surface area (Å²) < 4.78 is 5.23. The summed E-state index contributed by atoms with van der Waals surface area (Å²) in [6.45, 7) is 4.38. The topological polar surface area (TPSA) is 22.1 Å². The van der Waals surface area contributed by atoms with E-state index in [-0.39, 0.29) is 0 Å². The summed E-state index contributed by atoms with van der Waals surface area (Å²) in [6.07, 6.45) is 3.82. The molecule has 0 aliphatic rings. The lowest BCUT2D eigenvalue weighted by atomic mass is 9.94. The van der Waals surface area contributed by atoms with E-state index in [2.05, 4.69) is 37.0 Å². The SMILES string of the molecule is CC/C(=C(/CC)c1ccccn1)c1ccc(OC)cc1. The molecule has 0 amide bonds. The number of methoxy groups -OCH3 is 1. The average Bonchev–Trinajstić information content (AvgIpc) is 2.53. The highest BCUT2D eigenvalue weighted by molar-refractivity contribution is 5.89. The molecule has 2 aromatic rings. The van der Waals surface area contributed by atoms with Crippen molar-refractivity contribution in [2.24, 2.45) is 0 Å². The van der Waals surface area contributed by atoms with E-state index in [1.54, 1.807) is 7.11 Å². The Bertz CT molecular complexity index is 570. The number of aromatic nitrogens is 1. The summed E-state index contributed by atoms with van der Waals surface area (Å²) in [5.41, 5.74) is 4.99. The molecule has 1 heterocycles. The van der Waals surface area contributed by atoms with E-state index >= 15 is 0 Å². The van der Waals surface area contributed by atoms with Crippen LogP contribution >= 0.6 is 0 Å². The van der Waals surface area contributed by atoms with Crippen LogP contribution in [0.2, 0.25) is 0 Å².